The van der Waals surface area contributed by atoms with Crippen LogP contribution in [0.1, 0.15) is 6.92 Å². The molecule has 0 radical (unpaired) electrons. The van der Waals surface area contributed by atoms with Gasteiger partial charge in [0.25, 0.3) is 0 Å². The fourth-order valence-corrected chi connectivity index (χ4v) is 1.36. The number of hydrogen-bond donors (Lipinski definition) is 1. The van der Waals surface area contributed by atoms with Crippen molar-refractivity contribution in [2.24, 2.45) is 11.7 Å². The SMILES string of the molecule is CC(C#N)C(Br)(CBr)C(N)=O. The van der Waals surface area contributed by atoms with Crippen molar-refractivity contribution in [2.45, 2.75) is 11.2 Å². The fraction of sp³-hybridized carbons (Fsp3) is 0.667. The Balaban J connectivity index is 4.62. The third-order valence-corrected chi connectivity index (χ3v) is 4.48. The van der Waals surface area contributed by atoms with E-state index in [4.69, 9.17) is 11.0 Å². The van der Waals surface area contributed by atoms with Gasteiger partial charge in [-0.15, -0.1) is 0 Å². The van der Waals surface area contributed by atoms with Crippen molar-refractivity contribution in [2.75, 3.05) is 5.33 Å². The Kier molecular flexibility index (Phi) is 4.04. The second kappa shape index (κ2) is 4.07. The molecule has 62 valence electrons. The van der Waals surface area contributed by atoms with Crippen LogP contribution in [0.4, 0.5) is 0 Å². The predicted molar refractivity (Wildman–Crippen MR) is 49.4 cm³/mol. The number of hydrogen-bond acceptors (Lipinski definition) is 2. The van der Waals surface area contributed by atoms with Gasteiger partial charge in [-0.3, -0.25) is 4.79 Å². The first-order valence-electron chi connectivity index (χ1n) is 2.93. The summed E-state index contributed by atoms with van der Waals surface area (Å²) >= 11 is 6.25. The van der Waals surface area contributed by atoms with Crippen LogP contribution in [0.5, 0.6) is 0 Å². The first kappa shape index (κ1) is 10.9. The van der Waals surface area contributed by atoms with Crippen molar-refractivity contribution in [3.63, 3.8) is 0 Å². The van der Waals surface area contributed by atoms with E-state index in [-0.39, 0.29) is 0 Å². The smallest absolute Gasteiger partial charge is 0.236 e. The molecule has 0 aromatic rings. The summed E-state index contributed by atoms with van der Waals surface area (Å²) in [7, 11) is 0. The van der Waals surface area contributed by atoms with Gasteiger partial charge in [-0.25, -0.2) is 0 Å². The van der Waals surface area contributed by atoms with Gasteiger partial charge in [0.05, 0.1) is 12.0 Å². The second-order valence-electron chi connectivity index (χ2n) is 2.21. The minimum atomic E-state index is -0.943. The highest BCUT2D eigenvalue weighted by atomic mass is 79.9. The van der Waals surface area contributed by atoms with Crippen LogP contribution in [0, 0.1) is 17.2 Å². The molecule has 2 N–H and O–H groups in total. The molecular weight excluding hydrogens is 276 g/mol. The van der Waals surface area contributed by atoms with Gasteiger partial charge in [0.2, 0.25) is 5.91 Å². The molecule has 0 saturated heterocycles. The van der Waals surface area contributed by atoms with Crippen LogP contribution >= 0.6 is 31.9 Å². The number of nitrogens with two attached hydrogens (primary N) is 1. The lowest BCUT2D eigenvalue weighted by molar-refractivity contribution is -0.120. The highest BCUT2D eigenvalue weighted by Gasteiger charge is 2.38. The van der Waals surface area contributed by atoms with Crippen LogP contribution in [0.2, 0.25) is 0 Å². The van der Waals surface area contributed by atoms with Crippen LogP contribution in [-0.4, -0.2) is 15.6 Å². The lowest BCUT2D eigenvalue weighted by Gasteiger charge is -2.23. The number of nitriles is 1. The summed E-state index contributed by atoms with van der Waals surface area (Å²) in [5, 5.41) is 8.88. The van der Waals surface area contributed by atoms with Crippen molar-refractivity contribution >= 4 is 37.8 Å². The summed E-state index contributed by atoms with van der Waals surface area (Å²) < 4.78 is -0.943. The average Bonchev–Trinajstić information content (AvgIpc) is 2.01. The topological polar surface area (TPSA) is 66.9 Å². The Morgan fingerprint density at radius 1 is 1.91 bits per heavy atom. The Morgan fingerprint density at radius 2 is 2.36 bits per heavy atom. The first-order valence-corrected chi connectivity index (χ1v) is 4.85. The maximum atomic E-state index is 10.8. The Labute approximate surface area is 82.2 Å². The van der Waals surface area contributed by atoms with Gasteiger partial charge in [-0.1, -0.05) is 31.9 Å². The molecule has 0 aliphatic carbocycles. The highest BCUT2D eigenvalue weighted by Crippen LogP contribution is 2.29. The van der Waals surface area contributed by atoms with Gasteiger partial charge < -0.3 is 5.73 Å². The Hall–Kier alpha value is -0.0800. The van der Waals surface area contributed by atoms with Gasteiger partial charge in [0.15, 0.2) is 0 Å². The number of carbonyl (C=O) groups is 1. The normalized spacial score (nSPS) is 18.0. The summed E-state index contributed by atoms with van der Waals surface area (Å²) in [5.41, 5.74) is 5.09. The highest BCUT2D eigenvalue weighted by molar-refractivity contribution is 9.12. The number of alkyl halides is 2. The first-order chi connectivity index (χ1) is 4.99. The fourth-order valence-electron chi connectivity index (χ4n) is 0.497. The summed E-state index contributed by atoms with van der Waals surface area (Å²) in [6, 6.07) is 1.96. The third-order valence-electron chi connectivity index (χ3n) is 1.48. The molecule has 0 aliphatic rings. The number of amides is 1. The molecule has 0 heterocycles. The summed E-state index contributed by atoms with van der Waals surface area (Å²) in [6.45, 7) is 1.64. The quantitative estimate of drug-likeness (QED) is 0.790. The molecule has 0 bridgehead atoms. The lowest BCUT2D eigenvalue weighted by Crippen LogP contribution is -2.44. The second-order valence-corrected chi connectivity index (χ2v) is 4.19. The number of carbonyl (C=O) groups excluding carboxylic acids is 1. The maximum Gasteiger partial charge on any atom is 0.236 e. The van der Waals surface area contributed by atoms with Gasteiger partial charge in [0, 0.05) is 5.33 Å². The monoisotopic (exact) mass is 282 g/mol. The summed E-state index contributed by atoms with van der Waals surface area (Å²) in [6.07, 6.45) is 0. The van der Waals surface area contributed by atoms with Gasteiger partial charge in [-0.05, 0) is 6.92 Å². The van der Waals surface area contributed by atoms with E-state index < -0.39 is 16.1 Å². The molecular formula is C6H8Br2N2O. The van der Waals surface area contributed by atoms with E-state index in [1.54, 1.807) is 6.92 Å². The van der Waals surface area contributed by atoms with Crippen LogP contribution < -0.4 is 5.73 Å². The predicted octanol–water partition coefficient (Wildman–Crippen LogP) is 1.16. The van der Waals surface area contributed by atoms with Crippen LogP contribution in [0.15, 0.2) is 0 Å². The van der Waals surface area contributed by atoms with E-state index in [9.17, 15) is 4.79 Å². The maximum absolute atomic E-state index is 10.8. The van der Waals surface area contributed by atoms with E-state index in [1.165, 1.54) is 0 Å². The Morgan fingerprint density at radius 3 is 2.45 bits per heavy atom. The van der Waals surface area contributed by atoms with Crippen molar-refractivity contribution in [3.05, 3.63) is 0 Å². The number of nitrogens with zero attached hydrogens (tertiary/aromatic N) is 1. The minimum absolute atomic E-state index is 0.337. The standard InChI is InChI=1S/C6H8Br2N2O/c1-4(2-9)6(8,3-7)5(10)11/h4H,3H2,1H3,(H2,10,11). The molecule has 1 amide bonds. The zero-order chi connectivity index (χ0) is 9.07. The molecule has 5 heteroatoms. The van der Waals surface area contributed by atoms with Crippen LogP contribution in [0.3, 0.4) is 0 Å². The minimum Gasteiger partial charge on any atom is -0.368 e. The molecule has 0 spiro atoms. The third kappa shape index (κ3) is 2.17. The van der Waals surface area contributed by atoms with E-state index >= 15 is 0 Å². The Bertz CT molecular complexity index is 201. The molecule has 0 aromatic carbocycles. The lowest BCUT2D eigenvalue weighted by atomic mass is 9.97. The molecule has 2 atom stereocenters. The van der Waals surface area contributed by atoms with Crippen LogP contribution in [-0.2, 0) is 4.79 Å². The molecule has 0 fully saturated rings. The summed E-state index contributed by atoms with van der Waals surface area (Å²) in [4.78, 5) is 10.8. The number of primary amides is 1. The molecule has 2 unspecified atom stereocenters. The number of halogens is 2. The molecule has 0 saturated carbocycles. The molecule has 0 rings (SSSR count). The zero-order valence-electron chi connectivity index (χ0n) is 5.97. The average molecular weight is 284 g/mol. The molecule has 11 heavy (non-hydrogen) atoms. The number of rotatable bonds is 3. The molecule has 0 aliphatic heterocycles. The van der Waals surface area contributed by atoms with Crippen molar-refractivity contribution in [1.29, 1.82) is 5.26 Å². The van der Waals surface area contributed by atoms with Gasteiger partial charge in [0.1, 0.15) is 4.32 Å². The van der Waals surface area contributed by atoms with E-state index in [0.717, 1.165) is 0 Å². The van der Waals surface area contributed by atoms with Crippen molar-refractivity contribution in [3.8, 4) is 6.07 Å². The van der Waals surface area contributed by atoms with Gasteiger partial charge in [-0.2, -0.15) is 5.26 Å². The van der Waals surface area contributed by atoms with Gasteiger partial charge >= 0.3 is 0 Å². The van der Waals surface area contributed by atoms with Crippen molar-refractivity contribution in [1.82, 2.24) is 0 Å². The molecule has 3 nitrogen and oxygen atoms in total. The molecule has 0 aromatic heterocycles. The van der Waals surface area contributed by atoms with E-state index in [1.807, 2.05) is 6.07 Å². The summed E-state index contributed by atoms with van der Waals surface area (Å²) in [5.74, 6) is -0.970. The van der Waals surface area contributed by atoms with E-state index in [2.05, 4.69) is 31.9 Å². The van der Waals surface area contributed by atoms with Crippen molar-refractivity contribution < 1.29 is 4.79 Å². The largest absolute Gasteiger partial charge is 0.368 e. The van der Waals surface area contributed by atoms with Crippen LogP contribution in [0.25, 0.3) is 0 Å². The van der Waals surface area contributed by atoms with E-state index in [0.29, 0.717) is 5.33 Å². The zero-order valence-corrected chi connectivity index (χ0v) is 9.15.